The molecule has 0 radical (unpaired) electrons. The van der Waals surface area contributed by atoms with Gasteiger partial charge in [0, 0.05) is 5.69 Å². The number of hydrogen-bond acceptors (Lipinski definition) is 4. The van der Waals surface area contributed by atoms with Crippen LogP contribution in [0.1, 0.15) is 6.42 Å². The van der Waals surface area contributed by atoms with E-state index >= 15 is 0 Å². The molecule has 1 rings (SSSR count). The van der Waals surface area contributed by atoms with Crippen molar-refractivity contribution in [2.75, 3.05) is 12.4 Å². The molecule has 0 fully saturated rings. The summed E-state index contributed by atoms with van der Waals surface area (Å²) in [7, 11) is 1.52. The van der Waals surface area contributed by atoms with Gasteiger partial charge in [-0.3, -0.25) is 15.6 Å². The van der Waals surface area contributed by atoms with Crippen molar-refractivity contribution >= 4 is 40.5 Å². The summed E-state index contributed by atoms with van der Waals surface area (Å²) in [5.74, 6) is 0.0767. The summed E-state index contributed by atoms with van der Waals surface area (Å²) in [5, 5.41) is 11.7. The molecule has 8 heteroatoms. The highest BCUT2D eigenvalue weighted by molar-refractivity contribution is 7.80. The van der Waals surface area contributed by atoms with E-state index in [9.17, 15) is 4.79 Å². The van der Waals surface area contributed by atoms with Crippen molar-refractivity contribution in [2.45, 2.75) is 6.42 Å². The Morgan fingerprint density at radius 1 is 1.53 bits per heavy atom. The first kappa shape index (κ1) is 15.0. The molecule has 0 bridgehead atoms. The van der Waals surface area contributed by atoms with Crippen LogP contribution in [0.5, 0.6) is 5.75 Å². The Morgan fingerprint density at radius 2 is 2.26 bits per heavy atom. The van der Waals surface area contributed by atoms with Gasteiger partial charge in [0.15, 0.2) is 5.11 Å². The second-order valence-corrected chi connectivity index (χ2v) is 4.13. The number of carbonyl (C=O) groups is 1. The number of hydrogen-bond donors (Lipinski definition) is 3. The van der Waals surface area contributed by atoms with Gasteiger partial charge in [0.2, 0.25) is 0 Å². The van der Waals surface area contributed by atoms with Gasteiger partial charge >= 0.3 is 0 Å². The van der Waals surface area contributed by atoms with E-state index in [-0.39, 0.29) is 11.5 Å². The lowest BCUT2D eigenvalue weighted by Gasteiger charge is -2.11. The van der Waals surface area contributed by atoms with Crippen LogP contribution in [0.15, 0.2) is 18.2 Å². The summed E-state index contributed by atoms with van der Waals surface area (Å²) in [5.41, 5.74) is 5.36. The van der Waals surface area contributed by atoms with Gasteiger partial charge in [-0.2, -0.15) is 5.26 Å². The number of anilines is 1. The molecule has 1 aromatic rings. The number of nitrogens with zero attached hydrogens (tertiary/aromatic N) is 1. The van der Waals surface area contributed by atoms with Crippen molar-refractivity contribution in [3.63, 3.8) is 0 Å². The zero-order chi connectivity index (χ0) is 14.3. The predicted molar refractivity (Wildman–Crippen MR) is 75.7 cm³/mol. The lowest BCUT2D eigenvalue weighted by Crippen LogP contribution is -2.43. The Kier molecular flexibility index (Phi) is 5.85. The quantitative estimate of drug-likeness (QED) is 0.580. The van der Waals surface area contributed by atoms with E-state index in [1.165, 1.54) is 7.11 Å². The SMILES string of the molecule is COc1ccc(NC(=S)NNC(=O)CC#N)cc1Cl. The highest BCUT2D eigenvalue weighted by Crippen LogP contribution is 2.26. The van der Waals surface area contributed by atoms with Gasteiger partial charge in [-0.05, 0) is 30.4 Å². The summed E-state index contributed by atoms with van der Waals surface area (Å²) in [6.07, 6.45) is -0.246. The summed E-state index contributed by atoms with van der Waals surface area (Å²) in [6, 6.07) is 6.74. The van der Waals surface area contributed by atoms with Crippen LogP contribution in [0.3, 0.4) is 0 Å². The molecule has 0 unspecified atom stereocenters. The maximum atomic E-state index is 11.0. The van der Waals surface area contributed by atoms with E-state index < -0.39 is 5.91 Å². The number of thiocarbonyl (C=S) groups is 1. The molecule has 19 heavy (non-hydrogen) atoms. The molecule has 0 aliphatic carbocycles. The number of nitriles is 1. The van der Waals surface area contributed by atoms with Gasteiger partial charge in [0.25, 0.3) is 5.91 Å². The molecule has 3 N–H and O–H groups in total. The number of nitrogens with one attached hydrogen (secondary N) is 3. The fourth-order valence-electron chi connectivity index (χ4n) is 1.15. The summed E-state index contributed by atoms with van der Waals surface area (Å²) in [4.78, 5) is 11.0. The monoisotopic (exact) mass is 298 g/mol. The minimum atomic E-state index is -0.473. The van der Waals surface area contributed by atoms with E-state index in [1.807, 2.05) is 0 Å². The number of ether oxygens (including phenoxy) is 1. The van der Waals surface area contributed by atoms with Crippen molar-refractivity contribution in [3.8, 4) is 11.8 Å². The molecular weight excluding hydrogens is 288 g/mol. The zero-order valence-corrected chi connectivity index (χ0v) is 11.6. The van der Waals surface area contributed by atoms with Crippen molar-refractivity contribution in [1.29, 1.82) is 5.26 Å². The number of amides is 1. The molecule has 1 aromatic carbocycles. The van der Waals surface area contributed by atoms with Gasteiger partial charge in [-0.1, -0.05) is 11.6 Å². The molecule has 0 saturated carbocycles. The van der Waals surface area contributed by atoms with Crippen LogP contribution in [0.2, 0.25) is 5.02 Å². The predicted octanol–water partition coefficient (Wildman–Crippen LogP) is 1.58. The number of methoxy groups -OCH3 is 1. The Balaban J connectivity index is 2.51. The molecule has 6 nitrogen and oxygen atoms in total. The average molecular weight is 299 g/mol. The first-order valence-corrected chi connectivity index (χ1v) is 5.91. The first-order chi connectivity index (χ1) is 9.06. The minimum Gasteiger partial charge on any atom is -0.495 e. The van der Waals surface area contributed by atoms with Gasteiger partial charge in [0.05, 0.1) is 18.2 Å². The standard InChI is InChI=1S/C11H11ClN4O2S/c1-18-9-3-2-7(6-8(9)12)14-11(19)16-15-10(17)4-5-13/h2-3,6H,4H2,1H3,(H,15,17)(H2,14,16,19). The first-order valence-electron chi connectivity index (χ1n) is 5.13. The fraction of sp³-hybridized carbons (Fsp3) is 0.182. The Labute approximate surface area is 120 Å². The maximum absolute atomic E-state index is 11.0. The van der Waals surface area contributed by atoms with Gasteiger partial charge < -0.3 is 10.1 Å². The smallest absolute Gasteiger partial charge is 0.252 e. The van der Waals surface area contributed by atoms with Crippen molar-refractivity contribution in [1.82, 2.24) is 10.9 Å². The topological polar surface area (TPSA) is 86.2 Å². The number of hydrazine groups is 1. The van der Waals surface area contributed by atoms with Crippen LogP contribution < -0.4 is 20.9 Å². The number of carbonyl (C=O) groups excluding carboxylic acids is 1. The fourth-order valence-corrected chi connectivity index (χ4v) is 1.58. The molecule has 100 valence electrons. The molecule has 0 aliphatic rings. The van der Waals surface area contributed by atoms with Crippen molar-refractivity contribution < 1.29 is 9.53 Å². The Morgan fingerprint density at radius 3 is 2.84 bits per heavy atom. The van der Waals surface area contributed by atoms with Crippen LogP contribution in [0.25, 0.3) is 0 Å². The lowest BCUT2D eigenvalue weighted by atomic mass is 10.3. The van der Waals surface area contributed by atoms with Crippen LogP contribution in [-0.2, 0) is 4.79 Å². The molecule has 0 aromatic heterocycles. The number of benzene rings is 1. The van der Waals surface area contributed by atoms with Gasteiger partial charge in [0.1, 0.15) is 12.2 Å². The molecule has 1 amide bonds. The third kappa shape index (κ3) is 4.99. The van der Waals surface area contributed by atoms with Crippen LogP contribution in [0.4, 0.5) is 5.69 Å². The lowest BCUT2D eigenvalue weighted by molar-refractivity contribution is -0.120. The van der Waals surface area contributed by atoms with E-state index in [2.05, 4.69) is 16.2 Å². The van der Waals surface area contributed by atoms with Crippen LogP contribution >= 0.6 is 23.8 Å². The van der Waals surface area contributed by atoms with E-state index in [0.29, 0.717) is 16.5 Å². The molecule has 0 aliphatic heterocycles. The average Bonchev–Trinajstić information content (AvgIpc) is 2.37. The molecular formula is C11H11ClN4O2S. The van der Waals surface area contributed by atoms with Gasteiger partial charge in [-0.15, -0.1) is 0 Å². The largest absolute Gasteiger partial charge is 0.495 e. The number of rotatable bonds is 3. The summed E-state index contributed by atoms with van der Waals surface area (Å²) < 4.78 is 5.01. The second kappa shape index (κ2) is 7.41. The van der Waals surface area contributed by atoms with Crippen molar-refractivity contribution in [2.24, 2.45) is 0 Å². The third-order valence-corrected chi connectivity index (χ3v) is 2.46. The Hall–Kier alpha value is -2.04. The van der Waals surface area contributed by atoms with Crippen LogP contribution in [0, 0.1) is 11.3 Å². The van der Waals surface area contributed by atoms with Crippen LogP contribution in [-0.4, -0.2) is 18.1 Å². The van der Waals surface area contributed by atoms with Gasteiger partial charge in [-0.25, -0.2) is 0 Å². The molecule has 0 heterocycles. The Bertz CT molecular complexity index is 530. The molecule has 0 spiro atoms. The zero-order valence-electron chi connectivity index (χ0n) is 9.99. The van der Waals surface area contributed by atoms with Crippen molar-refractivity contribution in [3.05, 3.63) is 23.2 Å². The number of halogens is 1. The molecule has 0 saturated heterocycles. The normalized spacial score (nSPS) is 9.11. The summed E-state index contributed by atoms with van der Waals surface area (Å²) >= 11 is 10.9. The maximum Gasteiger partial charge on any atom is 0.252 e. The minimum absolute atomic E-state index is 0.174. The third-order valence-electron chi connectivity index (χ3n) is 1.96. The van der Waals surface area contributed by atoms with E-state index in [0.717, 1.165) is 0 Å². The second-order valence-electron chi connectivity index (χ2n) is 3.31. The highest BCUT2D eigenvalue weighted by Gasteiger charge is 2.04. The molecule has 0 atom stereocenters. The van der Waals surface area contributed by atoms with E-state index in [1.54, 1.807) is 24.3 Å². The van der Waals surface area contributed by atoms with E-state index in [4.69, 9.17) is 33.8 Å². The highest BCUT2D eigenvalue weighted by atomic mass is 35.5. The summed E-state index contributed by atoms with van der Waals surface area (Å²) in [6.45, 7) is 0.